The molecular formula is C9H4F2N4O2. The van der Waals surface area contributed by atoms with Crippen molar-refractivity contribution >= 4 is 5.82 Å². The number of hydrogen-bond donors (Lipinski definition) is 0. The highest BCUT2D eigenvalue weighted by atomic mass is 19.3. The van der Waals surface area contributed by atoms with Crippen LogP contribution in [-0.4, -0.2) is 9.91 Å². The second kappa shape index (κ2) is 4.94. The molecule has 1 heterocycles. The first-order chi connectivity index (χ1) is 8.01. The summed E-state index contributed by atoms with van der Waals surface area (Å²) in [5.41, 5.74) is -1.56. The molecule has 6 nitrogen and oxygen atoms in total. The Hall–Kier alpha value is -2.61. The molecule has 0 saturated carbocycles. The summed E-state index contributed by atoms with van der Waals surface area (Å²) in [5.74, 6) is -0.801. The Bertz CT molecular complexity index is 545. The van der Waals surface area contributed by atoms with Crippen molar-refractivity contribution in [3.8, 4) is 12.1 Å². The predicted molar refractivity (Wildman–Crippen MR) is 49.9 cm³/mol. The van der Waals surface area contributed by atoms with Crippen molar-refractivity contribution in [3.05, 3.63) is 33.0 Å². The number of nitrogens with zero attached hydrogens (tertiary/aromatic N) is 4. The Balaban J connectivity index is 3.53. The molecule has 0 aliphatic rings. The molecule has 0 aliphatic carbocycles. The SMILES string of the molecule is N#CCc1nc([N+](=O)[O-])cc(C(F)F)c1C#N. The van der Waals surface area contributed by atoms with Crippen LogP contribution in [0.15, 0.2) is 6.07 Å². The molecular weight excluding hydrogens is 234 g/mol. The second-order valence-electron chi connectivity index (χ2n) is 2.90. The minimum Gasteiger partial charge on any atom is -0.358 e. The minimum atomic E-state index is -3.04. The van der Waals surface area contributed by atoms with E-state index < -0.39 is 34.7 Å². The normalized spacial score (nSPS) is 9.71. The lowest BCUT2D eigenvalue weighted by Crippen LogP contribution is -2.04. The van der Waals surface area contributed by atoms with Gasteiger partial charge in [0.25, 0.3) is 6.43 Å². The molecule has 1 aromatic heterocycles. The summed E-state index contributed by atoms with van der Waals surface area (Å²) in [7, 11) is 0. The van der Waals surface area contributed by atoms with Crippen LogP contribution in [0.2, 0.25) is 0 Å². The van der Waals surface area contributed by atoms with Crippen LogP contribution in [0.3, 0.4) is 0 Å². The molecule has 0 radical (unpaired) electrons. The third-order valence-corrected chi connectivity index (χ3v) is 1.89. The van der Waals surface area contributed by atoms with Crippen molar-refractivity contribution in [3.63, 3.8) is 0 Å². The van der Waals surface area contributed by atoms with Gasteiger partial charge in [-0.15, -0.1) is 0 Å². The van der Waals surface area contributed by atoms with Gasteiger partial charge in [-0.3, -0.25) is 0 Å². The standard InChI is InChI=1S/C9H4F2N4O2/c10-9(11)5-3-8(15(16)17)14-7(1-2-12)6(5)4-13/h3,9H,1H2. The highest BCUT2D eigenvalue weighted by Gasteiger charge is 2.25. The van der Waals surface area contributed by atoms with Gasteiger partial charge in [-0.25, -0.2) is 8.78 Å². The fourth-order valence-electron chi connectivity index (χ4n) is 1.20. The molecule has 0 saturated heterocycles. The fraction of sp³-hybridized carbons (Fsp3) is 0.222. The maximum Gasteiger partial charge on any atom is 0.364 e. The van der Waals surface area contributed by atoms with Crippen LogP contribution in [0.5, 0.6) is 0 Å². The van der Waals surface area contributed by atoms with E-state index in [9.17, 15) is 18.9 Å². The number of aromatic nitrogens is 1. The third kappa shape index (κ3) is 2.49. The Morgan fingerprint density at radius 2 is 2.18 bits per heavy atom. The van der Waals surface area contributed by atoms with Crippen LogP contribution in [0.1, 0.15) is 23.2 Å². The predicted octanol–water partition coefficient (Wildman–Crippen LogP) is 1.87. The van der Waals surface area contributed by atoms with Gasteiger partial charge in [-0.05, 0) is 9.91 Å². The molecule has 0 spiro atoms. The van der Waals surface area contributed by atoms with Gasteiger partial charge in [0.05, 0.1) is 6.07 Å². The highest BCUT2D eigenvalue weighted by Crippen LogP contribution is 2.27. The van der Waals surface area contributed by atoms with Crippen molar-refractivity contribution in [1.82, 2.24) is 4.98 Å². The summed E-state index contributed by atoms with van der Waals surface area (Å²) in [6.45, 7) is 0. The first kappa shape index (κ1) is 12.5. The molecule has 17 heavy (non-hydrogen) atoms. The lowest BCUT2D eigenvalue weighted by molar-refractivity contribution is -0.389. The quantitative estimate of drug-likeness (QED) is 0.590. The Kier molecular flexibility index (Phi) is 3.62. The summed E-state index contributed by atoms with van der Waals surface area (Å²) < 4.78 is 25.2. The van der Waals surface area contributed by atoms with Crippen molar-refractivity contribution in [2.24, 2.45) is 0 Å². The largest absolute Gasteiger partial charge is 0.364 e. The van der Waals surface area contributed by atoms with Gasteiger partial charge in [-0.2, -0.15) is 10.5 Å². The van der Waals surface area contributed by atoms with Gasteiger partial charge < -0.3 is 10.1 Å². The van der Waals surface area contributed by atoms with Crippen LogP contribution in [0.4, 0.5) is 14.6 Å². The molecule has 1 aromatic rings. The number of nitriles is 2. The van der Waals surface area contributed by atoms with E-state index in [-0.39, 0.29) is 5.69 Å². The zero-order valence-corrected chi connectivity index (χ0v) is 8.22. The van der Waals surface area contributed by atoms with Crippen LogP contribution >= 0.6 is 0 Å². The van der Waals surface area contributed by atoms with E-state index in [4.69, 9.17) is 10.5 Å². The third-order valence-electron chi connectivity index (χ3n) is 1.89. The van der Waals surface area contributed by atoms with Crippen LogP contribution < -0.4 is 0 Å². The monoisotopic (exact) mass is 238 g/mol. The van der Waals surface area contributed by atoms with E-state index in [0.717, 1.165) is 0 Å². The Morgan fingerprint density at radius 3 is 2.59 bits per heavy atom. The zero-order valence-electron chi connectivity index (χ0n) is 8.22. The molecule has 86 valence electrons. The van der Waals surface area contributed by atoms with Crippen molar-refractivity contribution < 1.29 is 13.7 Å². The average molecular weight is 238 g/mol. The Morgan fingerprint density at radius 1 is 1.53 bits per heavy atom. The molecule has 0 fully saturated rings. The maximum absolute atomic E-state index is 12.6. The van der Waals surface area contributed by atoms with E-state index in [1.165, 1.54) is 6.07 Å². The first-order valence-electron chi connectivity index (χ1n) is 4.24. The van der Waals surface area contributed by atoms with Crippen molar-refractivity contribution in [1.29, 1.82) is 10.5 Å². The van der Waals surface area contributed by atoms with E-state index in [0.29, 0.717) is 6.07 Å². The molecule has 0 amide bonds. The fourth-order valence-corrected chi connectivity index (χ4v) is 1.20. The maximum atomic E-state index is 12.6. The number of halogens is 2. The smallest absolute Gasteiger partial charge is 0.358 e. The molecule has 0 bridgehead atoms. The highest BCUT2D eigenvalue weighted by molar-refractivity contribution is 5.46. The van der Waals surface area contributed by atoms with Gasteiger partial charge in [-0.1, -0.05) is 0 Å². The summed E-state index contributed by atoms with van der Waals surface area (Å²) in [6, 6.07) is 3.64. The minimum absolute atomic E-state index is 0.306. The lowest BCUT2D eigenvalue weighted by Gasteiger charge is -2.03. The van der Waals surface area contributed by atoms with Gasteiger partial charge in [0, 0.05) is 11.6 Å². The van der Waals surface area contributed by atoms with Gasteiger partial charge in [0.1, 0.15) is 18.1 Å². The molecule has 0 aliphatic heterocycles. The van der Waals surface area contributed by atoms with Crippen LogP contribution in [-0.2, 0) is 6.42 Å². The number of alkyl halides is 2. The van der Waals surface area contributed by atoms with Gasteiger partial charge in [0.2, 0.25) is 0 Å². The average Bonchev–Trinajstić information content (AvgIpc) is 2.28. The summed E-state index contributed by atoms with van der Waals surface area (Å²) in [6.07, 6.45) is -3.48. The molecule has 1 rings (SSSR count). The second-order valence-corrected chi connectivity index (χ2v) is 2.90. The Labute approximate surface area is 93.9 Å². The topological polar surface area (TPSA) is 104 Å². The zero-order chi connectivity index (χ0) is 13.0. The van der Waals surface area contributed by atoms with E-state index >= 15 is 0 Å². The summed E-state index contributed by atoms with van der Waals surface area (Å²) in [5, 5.41) is 27.6. The molecule has 0 N–H and O–H groups in total. The molecule has 8 heteroatoms. The van der Waals surface area contributed by atoms with E-state index in [1.807, 2.05) is 0 Å². The van der Waals surface area contributed by atoms with E-state index in [1.54, 1.807) is 6.07 Å². The summed E-state index contributed by atoms with van der Waals surface area (Å²) in [4.78, 5) is 12.9. The number of hydrogen-bond acceptors (Lipinski definition) is 5. The van der Waals surface area contributed by atoms with Crippen LogP contribution in [0.25, 0.3) is 0 Å². The molecule has 0 atom stereocenters. The van der Waals surface area contributed by atoms with Gasteiger partial charge >= 0.3 is 5.82 Å². The lowest BCUT2D eigenvalue weighted by atomic mass is 10.1. The van der Waals surface area contributed by atoms with E-state index in [2.05, 4.69) is 4.98 Å². The number of pyridine rings is 1. The van der Waals surface area contributed by atoms with Crippen molar-refractivity contribution in [2.45, 2.75) is 12.8 Å². The molecule has 0 aromatic carbocycles. The number of rotatable bonds is 3. The van der Waals surface area contributed by atoms with Crippen LogP contribution in [0, 0.1) is 32.8 Å². The number of nitro groups is 1. The van der Waals surface area contributed by atoms with Gasteiger partial charge in [0.15, 0.2) is 5.69 Å². The van der Waals surface area contributed by atoms with Crippen molar-refractivity contribution in [2.75, 3.05) is 0 Å². The summed E-state index contributed by atoms with van der Waals surface area (Å²) >= 11 is 0. The molecule has 0 unspecified atom stereocenters. The first-order valence-corrected chi connectivity index (χ1v) is 4.24.